The summed E-state index contributed by atoms with van der Waals surface area (Å²) in [5.41, 5.74) is 1.41. The number of nitrogens with zero attached hydrogens (tertiary/aromatic N) is 3. The number of hydrogen-bond donors (Lipinski definition) is 1. The molecule has 1 N–H and O–H groups in total. The van der Waals surface area contributed by atoms with Crippen molar-refractivity contribution in [3.8, 4) is 0 Å². The molecule has 2 aromatic heterocycles. The van der Waals surface area contributed by atoms with E-state index in [1.807, 2.05) is 7.05 Å². The molecule has 0 aromatic carbocycles. The van der Waals surface area contributed by atoms with Gasteiger partial charge in [-0.1, -0.05) is 0 Å². The fourth-order valence-electron chi connectivity index (χ4n) is 1.51. The van der Waals surface area contributed by atoms with Crippen LogP contribution >= 0.6 is 0 Å². The van der Waals surface area contributed by atoms with Crippen LogP contribution in [0.4, 0.5) is 19.0 Å². The number of alkyl halides is 3. The van der Waals surface area contributed by atoms with Gasteiger partial charge in [-0.05, 0) is 6.07 Å². The quantitative estimate of drug-likeness (QED) is 0.901. The number of anilines is 1. The number of aryl methyl sites for hydroxylation is 1. The number of imidazole rings is 1. The van der Waals surface area contributed by atoms with E-state index in [0.29, 0.717) is 11.3 Å². The topological polar surface area (TPSA) is 42.7 Å². The van der Waals surface area contributed by atoms with Crippen LogP contribution in [0.15, 0.2) is 18.6 Å². The Morgan fingerprint density at radius 1 is 1.35 bits per heavy atom. The minimum absolute atomic E-state index is 0.202. The summed E-state index contributed by atoms with van der Waals surface area (Å²) in [6.45, 7) is -0.202. The molecule has 0 spiro atoms. The van der Waals surface area contributed by atoms with Crippen LogP contribution < -0.4 is 5.32 Å². The standard InChI is InChI=1S/C10H11F3N4/c1-17-6-16-8-7(17)2-4-14-9(8)15-5-3-10(11,12)13/h2,4,6H,3,5H2,1H3,(H,14,15). The van der Waals surface area contributed by atoms with Gasteiger partial charge in [-0.15, -0.1) is 0 Å². The molecule has 0 aliphatic heterocycles. The van der Waals surface area contributed by atoms with E-state index in [0.717, 1.165) is 5.52 Å². The Balaban J connectivity index is 2.14. The summed E-state index contributed by atoms with van der Waals surface area (Å²) in [4.78, 5) is 8.08. The first-order valence-corrected chi connectivity index (χ1v) is 5.04. The highest BCUT2D eigenvalue weighted by Crippen LogP contribution is 2.21. The normalized spacial score (nSPS) is 12.0. The highest BCUT2D eigenvalue weighted by atomic mass is 19.4. The summed E-state index contributed by atoms with van der Waals surface area (Å²) >= 11 is 0. The van der Waals surface area contributed by atoms with Crippen LogP contribution in [0, 0.1) is 0 Å². The maximum Gasteiger partial charge on any atom is 0.390 e. The molecule has 0 aliphatic carbocycles. The van der Waals surface area contributed by atoms with E-state index in [9.17, 15) is 13.2 Å². The second-order valence-electron chi connectivity index (χ2n) is 3.67. The average molecular weight is 244 g/mol. The van der Waals surface area contributed by atoms with Crippen molar-refractivity contribution in [3.05, 3.63) is 18.6 Å². The van der Waals surface area contributed by atoms with E-state index in [-0.39, 0.29) is 6.54 Å². The van der Waals surface area contributed by atoms with Gasteiger partial charge >= 0.3 is 6.18 Å². The molecule has 0 bridgehead atoms. The molecule has 0 aliphatic rings. The monoisotopic (exact) mass is 244 g/mol. The number of halogens is 3. The average Bonchev–Trinajstić information content (AvgIpc) is 2.60. The Morgan fingerprint density at radius 3 is 2.82 bits per heavy atom. The Kier molecular flexibility index (Phi) is 2.91. The van der Waals surface area contributed by atoms with Crippen molar-refractivity contribution in [3.63, 3.8) is 0 Å². The van der Waals surface area contributed by atoms with Crippen LogP contribution in [0.1, 0.15) is 6.42 Å². The number of aromatic nitrogens is 3. The van der Waals surface area contributed by atoms with Crippen molar-refractivity contribution < 1.29 is 13.2 Å². The lowest BCUT2D eigenvalue weighted by molar-refractivity contribution is -0.131. The van der Waals surface area contributed by atoms with Crippen molar-refractivity contribution in [2.24, 2.45) is 7.05 Å². The molecule has 0 amide bonds. The summed E-state index contributed by atoms with van der Waals surface area (Å²) in [7, 11) is 1.81. The second-order valence-corrected chi connectivity index (χ2v) is 3.67. The minimum Gasteiger partial charge on any atom is -0.368 e. The molecular formula is C10H11F3N4. The first kappa shape index (κ1) is 11.7. The van der Waals surface area contributed by atoms with Crippen molar-refractivity contribution in [2.45, 2.75) is 12.6 Å². The lowest BCUT2D eigenvalue weighted by atomic mass is 10.3. The predicted octanol–water partition coefficient (Wildman–Crippen LogP) is 2.33. The van der Waals surface area contributed by atoms with Gasteiger partial charge in [0, 0.05) is 19.8 Å². The van der Waals surface area contributed by atoms with Gasteiger partial charge in [-0.3, -0.25) is 0 Å². The molecule has 0 saturated heterocycles. The highest BCUT2D eigenvalue weighted by Gasteiger charge is 2.26. The van der Waals surface area contributed by atoms with Gasteiger partial charge in [-0.25, -0.2) is 9.97 Å². The fraction of sp³-hybridized carbons (Fsp3) is 0.400. The van der Waals surface area contributed by atoms with Gasteiger partial charge in [0.15, 0.2) is 5.82 Å². The zero-order valence-corrected chi connectivity index (χ0v) is 9.12. The number of nitrogens with one attached hydrogen (secondary N) is 1. The lowest BCUT2D eigenvalue weighted by Crippen LogP contribution is -2.15. The Morgan fingerprint density at radius 2 is 2.12 bits per heavy atom. The fourth-order valence-corrected chi connectivity index (χ4v) is 1.51. The van der Waals surface area contributed by atoms with Gasteiger partial charge in [0.25, 0.3) is 0 Å². The highest BCUT2D eigenvalue weighted by molar-refractivity contribution is 5.85. The third-order valence-electron chi connectivity index (χ3n) is 2.34. The molecule has 2 rings (SSSR count). The van der Waals surface area contributed by atoms with Gasteiger partial charge < -0.3 is 9.88 Å². The molecular weight excluding hydrogens is 233 g/mol. The summed E-state index contributed by atoms with van der Waals surface area (Å²) in [5, 5.41) is 2.65. The predicted molar refractivity (Wildman–Crippen MR) is 57.7 cm³/mol. The SMILES string of the molecule is Cn1cnc2c(NCCC(F)(F)F)nccc21. The first-order valence-electron chi connectivity index (χ1n) is 5.04. The van der Waals surface area contributed by atoms with E-state index < -0.39 is 12.6 Å². The van der Waals surface area contributed by atoms with Gasteiger partial charge in [0.1, 0.15) is 5.52 Å². The molecule has 2 aromatic rings. The third kappa shape index (κ3) is 2.66. The van der Waals surface area contributed by atoms with Crippen molar-refractivity contribution >= 4 is 16.9 Å². The van der Waals surface area contributed by atoms with Gasteiger partial charge in [-0.2, -0.15) is 13.2 Å². The molecule has 92 valence electrons. The first-order chi connectivity index (χ1) is 7.97. The lowest BCUT2D eigenvalue weighted by Gasteiger charge is -2.08. The zero-order valence-electron chi connectivity index (χ0n) is 9.12. The maximum absolute atomic E-state index is 12.0. The van der Waals surface area contributed by atoms with E-state index in [2.05, 4.69) is 15.3 Å². The van der Waals surface area contributed by atoms with Crippen LogP contribution in [-0.2, 0) is 7.05 Å². The molecule has 0 radical (unpaired) electrons. The molecule has 7 heteroatoms. The Labute approximate surface area is 95.5 Å². The summed E-state index contributed by atoms with van der Waals surface area (Å²) in [6.07, 6.45) is -1.91. The minimum atomic E-state index is -4.16. The molecule has 2 heterocycles. The van der Waals surface area contributed by atoms with E-state index >= 15 is 0 Å². The number of fused-ring (bicyclic) bond motifs is 1. The molecule has 0 atom stereocenters. The third-order valence-corrected chi connectivity index (χ3v) is 2.34. The number of pyridine rings is 1. The van der Waals surface area contributed by atoms with Crippen molar-refractivity contribution in [1.29, 1.82) is 0 Å². The molecule has 17 heavy (non-hydrogen) atoms. The Bertz CT molecular complexity index is 518. The molecule has 0 fully saturated rings. The smallest absolute Gasteiger partial charge is 0.368 e. The number of hydrogen-bond acceptors (Lipinski definition) is 3. The van der Waals surface area contributed by atoms with Crippen LogP contribution in [-0.4, -0.2) is 27.3 Å². The number of rotatable bonds is 3. The molecule has 0 saturated carbocycles. The van der Waals surface area contributed by atoms with Gasteiger partial charge in [0.2, 0.25) is 0 Å². The van der Waals surface area contributed by atoms with Crippen molar-refractivity contribution in [2.75, 3.05) is 11.9 Å². The van der Waals surface area contributed by atoms with Crippen LogP contribution in [0.5, 0.6) is 0 Å². The van der Waals surface area contributed by atoms with Gasteiger partial charge in [0.05, 0.1) is 18.3 Å². The van der Waals surface area contributed by atoms with Crippen LogP contribution in [0.25, 0.3) is 11.0 Å². The van der Waals surface area contributed by atoms with E-state index in [4.69, 9.17) is 0 Å². The summed E-state index contributed by atoms with van der Waals surface area (Å²) in [6, 6.07) is 1.76. The maximum atomic E-state index is 12.0. The summed E-state index contributed by atoms with van der Waals surface area (Å²) in [5.74, 6) is 0.382. The molecule has 4 nitrogen and oxygen atoms in total. The largest absolute Gasteiger partial charge is 0.390 e. The van der Waals surface area contributed by atoms with Crippen LogP contribution in [0.3, 0.4) is 0 Å². The second kappa shape index (κ2) is 4.23. The van der Waals surface area contributed by atoms with Crippen LogP contribution in [0.2, 0.25) is 0 Å². The molecule has 0 unspecified atom stereocenters. The van der Waals surface area contributed by atoms with E-state index in [1.165, 1.54) is 0 Å². The zero-order chi connectivity index (χ0) is 12.5. The van der Waals surface area contributed by atoms with E-state index in [1.54, 1.807) is 23.2 Å². The Hall–Kier alpha value is -1.79. The van der Waals surface area contributed by atoms with Crippen molar-refractivity contribution in [1.82, 2.24) is 14.5 Å². The summed E-state index contributed by atoms with van der Waals surface area (Å²) < 4.78 is 37.8.